The minimum absolute atomic E-state index is 0.0494. The molecule has 0 aliphatic rings. The van der Waals surface area contributed by atoms with E-state index in [0.717, 1.165) is 0 Å². The molecule has 1 aromatic carbocycles. The van der Waals surface area contributed by atoms with E-state index in [0.29, 0.717) is 15.2 Å². The summed E-state index contributed by atoms with van der Waals surface area (Å²) in [6.07, 6.45) is 1.52. The van der Waals surface area contributed by atoms with E-state index in [9.17, 15) is 14.4 Å². The fourth-order valence-corrected chi connectivity index (χ4v) is 3.61. The number of aryl methyl sites for hydroxylation is 1. The highest BCUT2D eigenvalue weighted by Gasteiger charge is 2.22. The third-order valence-corrected chi connectivity index (χ3v) is 5.23. The van der Waals surface area contributed by atoms with Gasteiger partial charge in [-0.3, -0.25) is 15.0 Å². The second kappa shape index (κ2) is 10.2. The fraction of sp³-hybridized carbons (Fsp3) is 0.150. The van der Waals surface area contributed by atoms with Gasteiger partial charge in [0.1, 0.15) is 10.3 Å². The van der Waals surface area contributed by atoms with Crippen LogP contribution >= 0.6 is 39.1 Å². The molecule has 0 saturated carbocycles. The number of hydrogen-bond acceptors (Lipinski definition) is 5. The number of rotatable bonds is 4. The zero-order valence-corrected chi connectivity index (χ0v) is 20.7. The number of carbonyl (C=O) groups is 3. The van der Waals surface area contributed by atoms with Crippen LogP contribution in [0.1, 0.15) is 26.4 Å². The number of pyridine rings is 1. The molecule has 0 spiro atoms. The number of urea groups is 1. The zero-order valence-electron chi connectivity index (χ0n) is 17.6. The number of hydrogen-bond donors (Lipinski definition) is 3. The first-order valence-corrected chi connectivity index (χ1v) is 10.9. The van der Waals surface area contributed by atoms with Gasteiger partial charge in [0.05, 0.1) is 16.3 Å². The molecule has 13 heteroatoms. The highest BCUT2D eigenvalue weighted by atomic mass is 79.9. The summed E-state index contributed by atoms with van der Waals surface area (Å²) in [4.78, 5) is 43.1. The van der Waals surface area contributed by atoms with Gasteiger partial charge in [-0.05, 0) is 52.7 Å². The molecule has 33 heavy (non-hydrogen) atoms. The smallest absolute Gasteiger partial charge is 0.330 e. The van der Waals surface area contributed by atoms with Gasteiger partial charge in [0.2, 0.25) is 0 Å². The predicted octanol–water partition coefficient (Wildman–Crippen LogP) is 3.81. The molecule has 0 saturated heterocycles. The molecule has 4 amide bonds. The van der Waals surface area contributed by atoms with Crippen LogP contribution in [0.5, 0.6) is 0 Å². The fourth-order valence-electron chi connectivity index (χ4n) is 2.76. The van der Waals surface area contributed by atoms with Gasteiger partial charge in [-0.25, -0.2) is 19.9 Å². The Balaban J connectivity index is 1.95. The van der Waals surface area contributed by atoms with E-state index in [2.05, 4.69) is 42.2 Å². The summed E-state index contributed by atoms with van der Waals surface area (Å²) < 4.78 is 1.66. The molecule has 0 unspecified atom stereocenters. The van der Waals surface area contributed by atoms with Crippen molar-refractivity contribution in [1.82, 2.24) is 30.5 Å². The van der Waals surface area contributed by atoms with Gasteiger partial charge in [0.25, 0.3) is 11.8 Å². The van der Waals surface area contributed by atoms with Crippen molar-refractivity contribution in [2.75, 3.05) is 19.4 Å². The minimum atomic E-state index is -0.673. The molecule has 0 bridgehead atoms. The Morgan fingerprint density at radius 1 is 1.09 bits per heavy atom. The molecule has 10 nitrogen and oxygen atoms in total. The van der Waals surface area contributed by atoms with E-state index in [1.807, 2.05) is 0 Å². The Labute approximate surface area is 207 Å². The Hall–Kier alpha value is -3.15. The molecule has 3 rings (SSSR count). The zero-order chi connectivity index (χ0) is 24.3. The van der Waals surface area contributed by atoms with E-state index in [1.165, 1.54) is 42.0 Å². The maximum Gasteiger partial charge on any atom is 0.335 e. The van der Waals surface area contributed by atoms with Crippen molar-refractivity contribution in [1.29, 1.82) is 0 Å². The topological polar surface area (TPSA) is 121 Å². The largest absolute Gasteiger partial charge is 0.335 e. The Kier molecular flexibility index (Phi) is 7.57. The first-order chi connectivity index (χ1) is 15.6. The Morgan fingerprint density at radius 3 is 2.48 bits per heavy atom. The van der Waals surface area contributed by atoms with Crippen molar-refractivity contribution in [3.63, 3.8) is 0 Å². The molecule has 0 aliphatic carbocycles. The van der Waals surface area contributed by atoms with Gasteiger partial charge >= 0.3 is 6.03 Å². The van der Waals surface area contributed by atoms with Crippen molar-refractivity contribution in [2.45, 2.75) is 6.92 Å². The van der Waals surface area contributed by atoms with Crippen molar-refractivity contribution >= 4 is 62.7 Å². The Morgan fingerprint density at radius 2 is 1.82 bits per heavy atom. The molecule has 172 valence electrons. The highest BCUT2D eigenvalue weighted by Crippen LogP contribution is 2.27. The van der Waals surface area contributed by atoms with Crippen LogP contribution in [0.4, 0.5) is 10.5 Å². The number of halogens is 3. The first kappa shape index (κ1) is 24.5. The molecule has 0 aliphatic heterocycles. The molecule has 3 N–H and O–H groups in total. The average Bonchev–Trinajstić information content (AvgIpc) is 3.15. The van der Waals surface area contributed by atoms with E-state index in [1.54, 1.807) is 25.1 Å². The number of hydrazine groups is 1. The van der Waals surface area contributed by atoms with Crippen molar-refractivity contribution in [3.05, 3.63) is 68.0 Å². The summed E-state index contributed by atoms with van der Waals surface area (Å²) in [5, 5.41) is 7.53. The maximum atomic E-state index is 13.2. The lowest BCUT2D eigenvalue weighted by Gasteiger charge is -2.17. The second-order valence-corrected chi connectivity index (χ2v) is 8.61. The molecule has 0 atom stereocenters. The van der Waals surface area contributed by atoms with Crippen LogP contribution in [0.2, 0.25) is 10.0 Å². The quantitative estimate of drug-likeness (QED) is 0.423. The minimum Gasteiger partial charge on any atom is -0.330 e. The Bertz CT molecular complexity index is 1250. The number of aromatic nitrogens is 3. The monoisotopic (exact) mass is 553 g/mol. The molecule has 0 fully saturated rings. The summed E-state index contributed by atoms with van der Waals surface area (Å²) >= 11 is 15.6. The van der Waals surface area contributed by atoms with Crippen LogP contribution in [0.15, 0.2) is 41.1 Å². The standard InChI is InChI=1S/C20H18BrCl2N7O3/c1-10-7-11(22)8-12(18(31)26-27-20(33)29(2)3)16(10)25-19(32)14-9-15(21)28-30(14)17-13(23)5-4-6-24-17/h4-9H,1-3H3,(H,25,32)(H,26,31)(H,27,33). The lowest BCUT2D eigenvalue weighted by molar-refractivity contribution is 0.0933. The predicted molar refractivity (Wildman–Crippen MR) is 128 cm³/mol. The number of anilines is 1. The molecular weight excluding hydrogens is 537 g/mol. The highest BCUT2D eigenvalue weighted by molar-refractivity contribution is 9.10. The lowest BCUT2D eigenvalue weighted by atomic mass is 10.1. The summed E-state index contributed by atoms with van der Waals surface area (Å²) in [5.74, 6) is -0.993. The van der Waals surface area contributed by atoms with Crippen LogP contribution < -0.4 is 16.2 Å². The number of nitrogens with one attached hydrogen (secondary N) is 3. The van der Waals surface area contributed by atoms with Gasteiger partial charge in [0, 0.05) is 31.4 Å². The summed E-state index contributed by atoms with van der Waals surface area (Å²) in [6.45, 7) is 1.68. The van der Waals surface area contributed by atoms with Crippen LogP contribution in [0.25, 0.3) is 5.82 Å². The number of nitrogens with zero attached hydrogens (tertiary/aromatic N) is 4. The SMILES string of the molecule is Cc1cc(Cl)cc(C(=O)NNC(=O)N(C)C)c1NC(=O)c1cc(Br)nn1-c1ncccc1Cl. The van der Waals surface area contributed by atoms with E-state index in [-0.39, 0.29) is 27.8 Å². The third-order valence-electron chi connectivity index (χ3n) is 4.32. The van der Waals surface area contributed by atoms with Crippen molar-refractivity contribution in [3.8, 4) is 5.82 Å². The van der Waals surface area contributed by atoms with Gasteiger partial charge in [-0.1, -0.05) is 23.2 Å². The maximum absolute atomic E-state index is 13.2. The van der Waals surface area contributed by atoms with Gasteiger partial charge in [0.15, 0.2) is 5.82 Å². The first-order valence-electron chi connectivity index (χ1n) is 9.34. The van der Waals surface area contributed by atoms with Gasteiger partial charge in [-0.15, -0.1) is 0 Å². The summed E-state index contributed by atoms with van der Waals surface area (Å²) in [5.41, 5.74) is 5.45. The van der Waals surface area contributed by atoms with Gasteiger partial charge in [-0.2, -0.15) is 5.10 Å². The number of amides is 4. The van der Waals surface area contributed by atoms with Crippen LogP contribution in [0.3, 0.4) is 0 Å². The molecule has 3 aromatic rings. The normalized spacial score (nSPS) is 10.5. The van der Waals surface area contributed by atoms with E-state index >= 15 is 0 Å². The molecule has 2 aromatic heterocycles. The van der Waals surface area contributed by atoms with Crippen LogP contribution in [-0.2, 0) is 0 Å². The lowest BCUT2D eigenvalue weighted by Crippen LogP contribution is -2.46. The molecule has 2 heterocycles. The third kappa shape index (κ3) is 5.62. The average molecular weight is 555 g/mol. The van der Waals surface area contributed by atoms with E-state index in [4.69, 9.17) is 23.2 Å². The number of benzene rings is 1. The number of carbonyl (C=O) groups excluding carboxylic acids is 3. The summed E-state index contributed by atoms with van der Waals surface area (Å²) in [7, 11) is 3.04. The van der Waals surface area contributed by atoms with Crippen LogP contribution in [0, 0.1) is 6.92 Å². The molecule has 0 radical (unpaired) electrons. The van der Waals surface area contributed by atoms with Crippen molar-refractivity contribution in [2.24, 2.45) is 0 Å². The summed E-state index contributed by atoms with van der Waals surface area (Å²) in [6, 6.07) is 7.20. The van der Waals surface area contributed by atoms with Crippen LogP contribution in [-0.4, -0.2) is 51.6 Å². The van der Waals surface area contributed by atoms with E-state index < -0.39 is 17.8 Å². The molecular formula is C20H18BrCl2N7O3. The second-order valence-electron chi connectivity index (χ2n) is 6.95. The van der Waals surface area contributed by atoms with Gasteiger partial charge < -0.3 is 10.2 Å². The van der Waals surface area contributed by atoms with Crippen molar-refractivity contribution < 1.29 is 14.4 Å².